The number of nitrogens with zero attached hydrogens (tertiary/aromatic N) is 1. The number of hydrogen-bond acceptors (Lipinski definition) is 4. The summed E-state index contributed by atoms with van der Waals surface area (Å²) in [6.07, 6.45) is -14.0. The van der Waals surface area contributed by atoms with Crippen LogP contribution in [0.15, 0.2) is 0 Å². The molecule has 0 spiro atoms. The van der Waals surface area contributed by atoms with E-state index < -0.39 is 42.9 Å². The summed E-state index contributed by atoms with van der Waals surface area (Å²) in [4.78, 5) is 0. The third-order valence-electron chi connectivity index (χ3n) is 1.50. The van der Waals surface area contributed by atoms with E-state index in [0.717, 1.165) is 0 Å². The van der Waals surface area contributed by atoms with Crippen LogP contribution in [0.2, 0.25) is 0 Å². The zero-order chi connectivity index (χ0) is 17.7. The van der Waals surface area contributed by atoms with Gasteiger partial charge in [-0.15, -0.1) is 0 Å². The van der Waals surface area contributed by atoms with Gasteiger partial charge in [-0.1, -0.05) is 0 Å². The topological polar surface area (TPSA) is 82.4 Å². The molecule has 0 saturated heterocycles. The van der Waals surface area contributed by atoms with Crippen molar-refractivity contribution in [2.75, 3.05) is 0 Å². The average Bonchev–Trinajstić information content (AvgIpc) is 2.11. The van der Waals surface area contributed by atoms with Gasteiger partial charge < -0.3 is 0 Å². The maximum Gasteiger partial charge on any atom is 1.00 e. The van der Waals surface area contributed by atoms with E-state index in [1.807, 2.05) is 0 Å². The summed E-state index contributed by atoms with van der Waals surface area (Å²) >= 11 is 0. The molecule has 0 aromatic rings. The molecule has 22 heavy (non-hydrogen) atoms. The van der Waals surface area contributed by atoms with E-state index in [2.05, 4.69) is 0 Å². The van der Waals surface area contributed by atoms with Gasteiger partial charge in [0.05, 0.1) is 0 Å². The Bertz CT molecular complexity index is 550. The van der Waals surface area contributed by atoms with E-state index in [-0.39, 0.29) is 18.9 Å². The second kappa shape index (κ2) is 6.00. The van der Waals surface area contributed by atoms with Gasteiger partial charge in [-0.25, -0.2) is 16.8 Å². The van der Waals surface area contributed by atoms with Crippen LogP contribution < -0.4 is 23.0 Å². The Labute approximate surface area is 127 Å². The van der Waals surface area contributed by atoms with Crippen molar-refractivity contribution >= 4 is 20.0 Å². The molecule has 0 aliphatic rings. The maximum absolute atomic E-state index is 12.3. The van der Waals surface area contributed by atoms with Gasteiger partial charge in [-0.3, -0.25) is 0 Å². The van der Waals surface area contributed by atoms with Crippen LogP contribution in [0.25, 0.3) is 0 Å². The molecule has 0 aromatic heterocycles. The van der Waals surface area contributed by atoms with Crippen LogP contribution in [0.1, 0.15) is 0 Å². The number of rotatable bonds is 4. The van der Waals surface area contributed by atoms with Crippen molar-refractivity contribution in [3.05, 3.63) is 0 Å². The molecule has 0 saturated carbocycles. The molecule has 0 amide bonds. The molecule has 1 radical (unpaired) electrons. The summed E-state index contributed by atoms with van der Waals surface area (Å²) in [7, 11) is -15.2. The van der Waals surface area contributed by atoms with Gasteiger partial charge in [0.15, 0.2) is 0 Å². The minimum Gasteiger partial charge on any atom is -0.203 e. The van der Waals surface area contributed by atoms with Crippen LogP contribution >= 0.6 is 0 Å². The molecular formula is C4F10LiNO4S2+. The van der Waals surface area contributed by atoms with Gasteiger partial charge in [-0.05, 0) is 0 Å². The van der Waals surface area contributed by atoms with Crippen molar-refractivity contribution in [2.45, 2.75) is 22.9 Å². The molecule has 0 N–H and O–H groups in total. The summed E-state index contributed by atoms with van der Waals surface area (Å²) in [6, 6.07) is 0. The molecule has 0 heterocycles. The Morgan fingerprint density at radius 3 is 0.864 bits per heavy atom. The van der Waals surface area contributed by atoms with E-state index in [4.69, 9.17) is 0 Å². The first kappa shape index (κ1) is 24.0. The SMILES string of the molecule is O=S(=O)([N]S(=O)(=O)C(F)(F)C(F)(F)F)C(F)(F)C(F)(F)F.[Li+]. The summed E-state index contributed by atoms with van der Waals surface area (Å²) in [6.45, 7) is 0. The molecule has 127 valence electrons. The molecule has 18 heteroatoms. The fourth-order valence-corrected chi connectivity index (χ4v) is 2.88. The van der Waals surface area contributed by atoms with E-state index >= 15 is 0 Å². The molecule has 0 rings (SSSR count). The van der Waals surface area contributed by atoms with Crippen molar-refractivity contribution < 1.29 is 79.6 Å². The first-order chi connectivity index (χ1) is 8.71. The Hall–Kier alpha value is -0.243. The zero-order valence-corrected chi connectivity index (χ0v) is 11.3. The zero-order valence-electron chi connectivity index (χ0n) is 9.68. The fraction of sp³-hybridized carbons (Fsp3) is 1.00. The predicted molar refractivity (Wildman–Crippen MR) is 42.0 cm³/mol. The third-order valence-corrected chi connectivity index (χ3v) is 4.83. The van der Waals surface area contributed by atoms with Crippen molar-refractivity contribution in [3.8, 4) is 0 Å². The average molecular weight is 387 g/mol. The monoisotopic (exact) mass is 387 g/mol. The number of alkyl halides is 10. The molecule has 0 aliphatic carbocycles. The largest absolute Gasteiger partial charge is 1.00 e. The summed E-state index contributed by atoms with van der Waals surface area (Å²) in [5, 5.41) is -14.0. The number of hydrogen-bond donors (Lipinski definition) is 0. The van der Waals surface area contributed by atoms with Crippen LogP contribution in [0.4, 0.5) is 43.9 Å². The standard InChI is InChI=1S/C4F10NO4S2.Li/c5-1(6,7)3(11,12)20(16,17)15-21(18,19)4(13,14)2(8,9)10;/q;+1. The van der Waals surface area contributed by atoms with E-state index in [0.29, 0.717) is 4.13 Å². The Morgan fingerprint density at radius 2 is 0.727 bits per heavy atom. The van der Waals surface area contributed by atoms with Crippen molar-refractivity contribution in [2.24, 2.45) is 0 Å². The second-order valence-corrected chi connectivity index (χ2v) is 6.58. The molecule has 0 aliphatic heterocycles. The summed E-state index contributed by atoms with van der Waals surface area (Å²) < 4.78 is 161. The Kier molecular flexibility index (Phi) is 6.55. The smallest absolute Gasteiger partial charge is 0.203 e. The van der Waals surface area contributed by atoms with E-state index in [9.17, 15) is 60.7 Å². The molecular weight excluding hydrogens is 387 g/mol. The van der Waals surface area contributed by atoms with Gasteiger partial charge in [0.2, 0.25) is 0 Å². The van der Waals surface area contributed by atoms with E-state index in [1.165, 1.54) is 0 Å². The first-order valence-corrected chi connectivity index (χ1v) is 6.71. The molecule has 5 nitrogen and oxygen atoms in total. The molecule has 0 fully saturated rings. The van der Waals surface area contributed by atoms with Gasteiger partial charge in [0, 0.05) is 4.13 Å². The van der Waals surface area contributed by atoms with Crippen LogP contribution in [-0.2, 0) is 20.0 Å². The van der Waals surface area contributed by atoms with Crippen LogP contribution in [0.5, 0.6) is 0 Å². The Balaban J connectivity index is 0. The van der Waals surface area contributed by atoms with E-state index in [1.54, 1.807) is 0 Å². The minimum absolute atomic E-state index is 0. The van der Waals surface area contributed by atoms with Gasteiger partial charge >= 0.3 is 61.8 Å². The van der Waals surface area contributed by atoms with Gasteiger partial charge in [-0.2, -0.15) is 43.9 Å². The van der Waals surface area contributed by atoms with Crippen LogP contribution in [0.3, 0.4) is 0 Å². The fourth-order valence-electron chi connectivity index (χ4n) is 0.515. The quantitative estimate of drug-likeness (QED) is 0.438. The van der Waals surface area contributed by atoms with Gasteiger partial charge in [0.1, 0.15) is 0 Å². The second-order valence-electron chi connectivity index (χ2n) is 3.05. The summed E-state index contributed by atoms with van der Waals surface area (Å²) in [5.41, 5.74) is 0. The van der Waals surface area contributed by atoms with Crippen molar-refractivity contribution in [1.82, 2.24) is 4.13 Å². The molecule has 0 unspecified atom stereocenters. The predicted octanol–water partition coefficient (Wildman–Crippen LogP) is -1.44. The maximum atomic E-state index is 12.3. The minimum atomic E-state index is -7.62. The Morgan fingerprint density at radius 1 is 0.545 bits per heavy atom. The van der Waals surface area contributed by atoms with Crippen LogP contribution in [-0.4, -0.2) is 39.7 Å². The number of sulfonamides is 2. The molecule has 0 aromatic carbocycles. The van der Waals surface area contributed by atoms with Crippen molar-refractivity contribution in [3.63, 3.8) is 0 Å². The molecule has 0 atom stereocenters. The first-order valence-electron chi connectivity index (χ1n) is 3.83. The number of halogens is 10. The third kappa shape index (κ3) is 3.99. The van der Waals surface area contributed by atoms with Crippen LogP contribution in [0, 0.1) is 0 Å². The summed E-state index contributed by atoms with van der Waals surface area (Å²) in [5.74, 6) is 0. The normalized spacial score (nSPS) is 15.4. The van der Waals surface area contributed by atoms with Gasteiger partial charge in [0.25, 0.3) is 0 Å². The van der Waals surface area contributed by atoms with Crippen molar-refractivity contribution in [1.29, 1.82) is 0 Å². The molecule has 0 bridgehead atoms.